The summed E-state index contributed by atoms with van der Waals surface area (Å²) in [7, 11) is 1.87. The lowest BCUT2D eigenvalue weighted by atomic mass is 10.0. The number of carbonyl (C=O) groups is 1. The van der Waals surface area contributed by atoms with Gasteiger partial charge in [0.25, 0.3) is 5.91 Å². The largest absolute Gasteiger partial charge is 0.342 e. The Labute approximate surface area is 205 Å². The Morgan fingerprint density at radius 1 is 1.03 bits per heavy atom. The Hall–Kier alpha value is -1.44. The van der Waals surface area contributed by atoms with Gasteiger partial charge in [-0.05, 0) is 41.8 Å². The summed E-state index contributed by atoms with van der Waals surface area (Å²) in [6, 6.07) is 9.83. The molecule has 31 heavy (non-hydrogen) atoms. The van der Waals surface area contributed by atoms with Crippen LogP contribution in [0.3, 0.4) is 0 Å². The van der Waals surface area contributed by atoms with Crippen LogP contribution >= 0.6 is 58.2 Å². The van der Waals surface area contributed by atoms with Crippen molar-refractivity contribution in [3.63, 3.8) is 0 Å². The number of hydrogen-bond acceptors (Lipinski definition) is 4. The Morgan fingerprint density at radius 2 is 1.68 bits per heavy atom. The normalized spacial score (nSPS) is 12.3. The number of amides is 1. The van der Waals surface area contributed by atoms with Gasteiger partial charge in [-0.25, -0.2) is 0 Å². The zero-order chi connectivity index (χ0) is 22.7. The summed E-state index contributed by atoms with van der Waals surface area (Å²) in [6.07, 6.45) is 0. The first-order chi connectivity index (χ1) is 14.7. The monoisotopic (exact) mass is 516 g/mol. The number of hydrogen-bond donors (Lipinski definition) is 1. The second kappa shape index (κ2) is 10.5. The predicted octanol–water partition coefficient (Wildman–Crippen LogP) is 6.85. The average Bonchev–Trinajstić information content (AvgIpc) is 3.05. The van der Waals surface area contributed by atoms with Gasteiger partial charge in [0.05, 0.1) is 16.6 Å². The topological polar surface area (TPSA) is 59.8 Å². The maximum Gasteiger partial charge on any atom is 0.253 e. The molecule has 164 valence electrons. The molecule has 0 aliphatic carbocycles. The molecule has 0 radical (unpaired) electrons. The number of rotatable bonds is 7. The van der Waals surface area contributed by atoms with Crippen LogP contribution in [-0.4, -0.2) is 20.7 Å². The fourth-order valence-electron chi connectivity index (χ4n) is 2.93. The van der Waals surface area contributed by atoms with Crippen LogP contribution < -0.4 is 5.32 Å². The van der Waals surface area contributed by atoms with Crippen LogP contribution in [0, 0.1) is 5.92 Å². The standard InChI is InChI=1S/C21H20Cl4N4OS/c1-11(2)18(26-20(30)15-7-6-14(23)9-17(15)25)19-27-28-21(29(19)3)31-10-12-4-5-13(22)8-16(12)24/h4-9,11,18H,10H2,1-3H3,(H,26,30)/t18-/m1/s1. The molecular weight excluding hydrogens is 498 g/mol. The van der Waals surface area contributed by atoms with E-state index in [1.807, 2.05) is 31.5 Å². The molecule has 0 saturated heterocycles. The van der Waals surface area contributed by atoms with E-state index in [0.717, 1.165) is 5.56 Å². The summed E-state index contributed by atoms with van der Waals surface area (Å²) in [5.74, 6) is 1.03. The number of thioether (sulfide) groups is 1. The van der Waals surface area contributed by atoms with Crippen molar-refractivity contribution in [1.29, 1.82) is 0 Å². The molecule has 1 aromatic heterocycles. The van der Waals surface area contributed by atoms with E-state index in [1.165, 1.54) is 11.8 Å². The third-order valence-corrected chi connectivity index (χ3v) is 6.85. The molecule has 1 N–H and O–H groups in total. The van der Waals surface area contributed by atoms with E-state index in [0.29, 0.717) is 42.4 Å². The van der Waals surface area contributed by atoms with Crippen molar-refractivity contribution in [3.05, 3.63) is 73.4 Å². The quantitative estimate of drug-likeness (QED) is 0.348. The molecule has 1 amide bonds. The minimum atomic E-state index is -0.356. The lowest BCUT2D eigenvalue weighted by Crippen LogP contribution is -2.33. The number of carbonyl (C=O) groups excluding carboxylic acids is 1. The molecule has 0 aliphatic heterocycles. The molecule has 3 rings (SSSR count). The highest BCUT2D eigenvalue weighted by atomic mass is 35.5. The van der Waals surface area contributed by atoms with Gasteiger partial charge in [0.15, 0.2) is 11.0 Å². The summed E-state index contributed by atoms with van der Waals surface area (Å²) in [6.45, 7) is 4.01. The summed E-state index contributed by atoms with van der Waals surface area (Å²) in [5.41, 5.74) is 1.30. The predicted molar refractivity (Wildman–Crippen MR) is 129 cm³/mol. The number of aromatic nitrogens is 3. The molecule has 5 nitrogen and oxygen atoms in total. The zero-order valence-corrected chi connectivity index (χ0v) is 20.8. The first-order valence-electron chi connectivity index (χ1n) is 9.39. The minimum absolute atomic E-state index is 0.0708. The Balaban J connectivity index is 1.77. The van der Waals surface area contributed by atoms with Crippen molar-refractivity contribution in [1.82, 2.24) is 20.1 Å². The fourth-order valence-corrected chi connectivity index (χ4v) is 4.90. The SMILES string of the molecule is CC(C)[C@@H](NC(=O)c1ccc(Cl)cc1Cl)c1nnc(SCc2ccc(Cl)cc2Cl)n1C. The van der Waals surface area contributed by atoms with Gasteiger partial charge in [-0.15, -0.1) is 10.2 Å². The maximum atomic E-state index is 12.8. The molecule has 0 unspecified atom stereocenters. The molecule has 0 saturated carbocycles. The summed E-state index contributed by atoms with van der Waals surface area (Å²) >= 11 is 25.9. The minimum Gasteiger partial charge on any atom is -0.342 e. The average molecular weight is 518 g/mol. The third kappa shape index (κ3) is 5.88. The molecule has 2 aromatic carbocycles. The van der Waals surface area contributed by atoms with Gasteiger partial charge in [0, 0.05) is 27.9 Å². The van der Waals surface area contributed by atoms with Gasteiger partial charge in [-0.2, -0.15) is 0 Å². The summed E-state index contributed by atoms with van der Waals surface area (Å²) in [5, 5.41) is 14.3. The van der Waals surface area contributed by atoms with Crippen molar-refractivity contribution >= 4 is 64.1 Å². The lowest BCUT2D eigenvalue weighted by Gasteiger charge is -2.22. The maximum absolute atomic E-state index is 12.8. The summed E-state index contributed by atoms with van der Waals surface area (Å²) < 4.78 is 1.88. The third-order valence-electron chi connectivity index (χ3n) is 4.65. The van der Waals surface area contributed by atoms with Crippen LogP contribution in [0.5, 0.6) is 0 Å². The Bertz CT molecular complexity index is 1100. The van der Waals surface area contributed by atoms with Gasteiger partial charge in [-0.1, -0.05) is 78.1 Å². The molecule has 0 bridgehead atoms. The van der Waals surface area contributed by atoms with Gasteiger partial charge >= 0.3 is 0 Å². The molecule has 0 fully saturated rings. The Kier molecular flexibility index (Phi) is 8.16. The number of nitrogens with one attached hydrogen (secondary N) is 1. The van der Waals surface area contributed by atoms with Crippen molar-refractivity contribution in [2.75, 3.05) is 0 Å². The lowest BCUT2D eigenvalue weighted by molar-refractivity contribution is 0.0922. The molecule has 0 aliphatic rings. The smallest absolute Gasteiger partial charge is 0.253 e. The molecule has 1 heterocycles. The van der Waals surface area contributed by atoms with Crippen molar-refractivity contribution < 1.29 is 4.79 Å². The first kappa shape index (κ1) is 24.2. The molecule has 1 atom stereocenters. The van der Waals surface area contributed by atoms with Crippen molar-refractivity contribution in [2.24, 2.45) is 13.0 Å². The highest BCUT2D eigenvalue weighted by molar-refractivity contribution is 7.98. The molecule has 3 aromatic rings. The fraction of sp³-hybridized carbons (Fsp3) is 0.286. The first-order valence-corrected chi connectivity index (χ1v) is 11.9. The molecule has 10 heteroatoms. The van der Waals surface area contributed by atoms with Crippen LogP contribution in [0.2, 0.25) is 20.1 Å². The van der Waals surface area contributed by atoms with Gasteiger partial charge in [0.1, 0.15) is 0 Å². The van der Waals surface area contributed by atoms with Gasteiger partial charge < -0.3 is 9.88 Å². The van der Waals surface area contributed by atoms with Gasteiger partial charge in [-0.3, -0.25) is 4.79 Å². The van der Waals surface area contributed by atoms with Crippen molar-refractivity contribution in [3.8, 4) is 0 Å². The van der Waals surface area contributed by atoms with Crippen LogP contribution in [0.4, 0.5) is 0 Å². The second-order valence-electron chi connectivity index (χ2n) is 7.24. The Morgan fingerprint density at radius 3 is 2.29 bits per heavy atom. The second-order valence-corrected chi connectivity index (χ2v) is 9.87. The van der Waals surface area contributed by atoms with E-state index in [9.17, 15) is 4.79 Å². The van der Waals surface area contributed by atoms with Crippen LogP contribution in [0.1, 0.15) is 41.6 Å². The molecular formula is C21H20Cl4N4OS. The number of nitrogens with zero attached hydrogens (tertiary/aromatic N) is 3. The summed E-state index contributed by atoms with van der Waals surface area (Å²) in [4.78, 5) is 12.8. The van der Waals surface area contributed by atoms with Crippen LogP contribution in [0.15, 0.2) is 41.6 Å². The highest BCUT2D eigenvalue weighted by Crippen LogP contribution is 2.30. The number of benzene rings is 2. The van der Waals surface area contributed by atoms with E-state index in [-0.39, 0.29) is 17.9 Å². The van der Waals surface area contributed by atoms with E-state index in [4.69, 9.17) is 46.4 Å². The zero-order valence-electron chi connectivity index (χ0n) is 17.0. The highest BCUT2D eigenvalue weighted by Gasteiger charge is 2.26. The van der Waals surface area contributed by atoms with E-state index in [2.05, 4.69) is 15.5 Å². The number of halogens is 4. The van der Waals surface area contributed by atoms with E-state index < -0.39 is 0 Å². The van der Waals surface area contributed by atoms with E-state index >= 15 is 0 Å². The van der Waals surface area contributed by atoms with E-state index in [1.54, 1.807) is 30.3 Å². The molecule has 0 spiro atoms. The van der Waals surface area contributed by atoms with Gasteiger partial charge in [0.2, 0.25) is 0 Å². The van der Waals surface area contributed by atoms with Crippen LogP contribution in [0.25, 0.3) is 0 Å². The van der Waals surface area contributed by atoms with Crippen molar-refractivity contribution in [2.45, 2.75) is 30.8 Å². The van der Waals surface area contributed by atoms with Crippen LogP contribution in [-0.2, 0) is 12.8 Å².